The monoisotopic (exact) mass is 254 g/mol. The molecular formula is C18H38. The molecule has 0 nitrogen and oxygen atoms in total. The summed E-state index contributed by atoms with van der Waals surface area (Å²) in [5.74, 6) is 1.85. The first-order valence-electron chi connectivity index (χ1n) is 8.72. The first-order valence-corrected chi connectivity index (χ1v) is 8.72. The first kappa shape index (κ1) is 18.0. The van der Waals surface area contributed by atoms with Gasteiger partial charge >= 0.3 is 0 Å². The minimum atomic E-state index is 0.920. The lowest BCUT2D eigenvalue weighted by molar-refractivity contribution is 0.342. The largest absolute Gasteiger partial charge is 0.0654 e. The number of hydrogen-bond acceptors (Lipinski definition) is 0. The summed E-state index contributed by atoms with van der Waals surface area (Å²) >= 11 is 0. The van der Waals surface area contributed by atoms with Gasteiger partial charge in [0.25, 0.3) is 0 Å². The van der Waals surface area contributed by atoms with Gasteiger partial charge in [-0.15, -0.1) is 0 Å². The fraction of sp³-hybridized carbons (Fsp3) is 1.00. The van der Waals surface area contributed by atoms with Crippen LogP contribution >= 0.6 is 0 Å². The number of hydrogen-bond donors (Lipinski definition) is 0. The van der Waals surface area contributed by atoms with Gasteiger partial charge in [-0.1, -0.05) is 105 Å². The van der Waals surface area contributed by atoms with E-state index < -0.39 is 0 Å². The Hall–Kier alpha value is 0. The topological polar surface area (TPSA) is 0 Å². The minimum Gasteiger partial charge on any atom is -0.0654 e. The molecule has 0 N–H and O–H groups in total. The van der Waals surface area contributed by atoms with Gasteiger partial charge < -0.3 is 0 Å². The average molecular weight is 255 g/mol. The zero-order valence-electron chi connectivity index (χ0n) is 13.6. The van der Waals surface area contributed by atoms with Gasteiger partial charge in [-0.2, -0.15) is 0 Å². The summed E-state index contributed by atoms with van der Waals surface area (Å²) in [6.45, 7) is 9.45. The van der Waals surface area contributed by atoms with E-state index in [1.54, 1.807) is 0 Å². The SMILES string of the molecule is CCCCCCCCCCCCC(C)C(C)CC. The molecule has 0 bridgehead atoms. The van der Waals surface area contributed by atoms with Crippen LogP contribution in [0.4, 0.5) is 0 Å². The summed E-state index contributed by atoms with van der Waals surface area (Å²) in [5.41, 5.74) is 0. The van der Waals surface area contributed by atoms with Gasteiger partial charge in [0.15, 0.2) is 0 Å². The number of unbranched alkanes of at least 4 members (excludes halogenated alkanes) is 9. The lowest BCUT2D eigenvalue weighted by atomic mass is 9.89. The third kappa shape index (κ3) is 11.1. The van der Waals surface area contributed by atoms with Gasteiger partial charge in [0.2, 0.25) is 0 Å². The molecule has 0 rings (SSSR count). The van der Waals surface area contributed by atoms with Crippen molar-refractivity contribution in [2.75, 3.05) is 0 Å². The second kappa shape index (κ2) is 13.4. The molecule has 2 atom stereocenters. The zero-order chi connectivity index (χ0) is 13.6. The predicted molar refractivity (Wildman–Crippen MR) is 85.1 cm³/mol. The van der Waals surface area contributed by atoms with Gasteiger partial charge in [-0.3, -0.25) is 0 Å². The summed E-state index contributed by atoms with van der Waals surface area (Å²) in [7, 11) is 0. The molecule has 0 heteroatoms. The Labute approximate surface area is 117 Å². The highest BCUT2D eigenvalue weighted by atomic mass is 14.1. The number of rotatable bonds is 13. The highest BCUT2D eigenvalue weighted by Gasteiger charge is 2.08. The van der Waals surface area contributed by atoms with Crippen LogP contribution in [0, 0.1) is 11.8 Å². The Morgan fingerprint density at radius 1 is 0.556 bits per heavy atom. The molecule has 0 aliphatic rings. The lowest BCUT2D eigenvalue weighted by Gasteiger charge is -2.17. The molecule has 0 fully saturated rings. The van der Waals surface area contributed by atoms with Crippen molar-refractivity contribution in [2.24, 2.45) is 11.8 Å². The maximum Gasteiger partial charge on any atom is -0.0417 e. The molecule has 0 aliphatic carbocycles. The van der Waals surface area contributed by atoms with E-state index in [1.807, 2.05) is 0 Å². The van der Waals surface area contributed by atoms with Crippen molar-refractivity contribution >= 4 is 0 Å². The third-order valence-electron chi connectivity index (χ3n) is 4.63. The molecule has 0 aromatic heterocycles. The lowest BCUT2D eigenvalue weighted by Crippen LogP contribution is -2.06. The Morgan fingerprint density at radius 3 is 1.44 bits per heavy atom. The van der Waals surface area contributed by atoms with E-state index >= 15 is 0 Å². The van der Waals surface area contributed by atoms with E-state index in [0.717, 1.165) is 11.8 Å². The van der Waals surface area contributed by atoms with Gasteiger partial charge in [0.05, 0.1) is 0 Å². The standard InChI is InChI=1S/C18H38/c1-5-7-8-9-10-11-12-13-14-15-16-18(4)17(3)6-2/h17-18H,5-16H2,1-4H3. The molecular weight excluding hydrogens is 216 g/mol. The van der Waals surface area contributed by atoms with E-state index in [4.69, 9.17) is 0 Å². The Bertz CT molecular complexity index is 150. The Morgan fingerprint density at radius 2 is 1.00 bits per heavy atom. The summed E-state index contributed by atoms with van der Waals surface area (Å²) in [5, 5.41) is 0. The molecule has 0 saturated carbocycles. The minimum absolute atomic E-state index is 0.920. The molecule has 18 heavy (non-hydrogen) atoms. The highest BCUT2D eigenvalue weighted by Crippen LogP contribution is 2.21. The van der Waals surface area contributed by atoms with Gasteiger partial charge in [0.1, 0.15) is 0 Å². The van der Waals surface area contributed by atoms with Crippen molar-refractivity contribution in [3.63, 3.8) is 0 Å². The fourth-order valence-electron chi connectivity index (χ4n) is 2.64. The van der Waals surface area contributed by atoms with Gasteiger partial charge in [0, 0.05) is 0 Å². The molecule has 0 spiro atoms. The first-order chi connectivity index (χ1) is 8.72. The Balaban J connectivity index is 3.11. The van der Waals surface area contributed by atoms with E-state index in [9.17, 15) is 0 Å². The van der Waals surface area contributed by atoms with Gasteiger partial charge in [-0.05, 0) is 11.8 Å². The second-order valence-corrected chi connectivity index (χ2v) is 6.33. The molecule has 0 saturated heterocycles. The van der Waals surface area contributed by atoms with E-state index in [1.165, 1.54) is 77.0 Å². The molecule has 0 aliphatic heterocycles. The third-order valence-corrected chi connectivity index (χ3v) is 4.63. The predicted octanol–water partition coefficient (Wildman–Crippen LogP) is 6.98. The van der Waals surface area contributed by atoms with Crippen LogP contribution in [0.1, 0.15) is 105 Å². The van der Waals surface area contributed by atoms with Crippen LogP contribution in [0.3, 0.4) is 0 Å². The Kier molecular flexibility index (Phi) is 13.4. The average Bonchev–Trinajstić information content (AvgIpc) is 2.39. The van der Waals surface area contributed by atoms with E-state index in [2.05, 4.69) is 27.7 Å². The molecule has 0 aromatic rings. The maximum absolute atomic E-state index is 2.43. The molecule has 2 unspecified atom stereocenters. The molecule has 0 aromatic carbocycles. The smallest absolute Gasteiger partial charge is 0.0417 e. The van der Waals surface area contributed by atoms with Crippen LogP contribution in [0.5, 0.6) is 0 Å². The van der Waals surface area contributed by atoms with Crippen molar-refractivity contribution in [1.29, 1.82) is 0 Å². The second-order valence-electron chi connectivity index (χ2n) is 6.33. The zero-order valence-corrected chi connectivity index (χ0v) is 13.6. The van der Waals surface area contributed by atoms with Crippen molar-refractivity contribution < 1.29 is 0 Å². The van der Waals surface area contributed by atoms with Crippen molar-refractivity contribution in [2.45, 2.75) is 105 Å². The van der Waals surface area contributed by atoms with Crippen LogP contribution in [-0.4, -0.2) is 0 Å². The van der Waals surface area contributed by atoms with Crippen LogP contribution in [0.15, 0.2) is 0 Å². The van der Waals surface area contributed by atoms with Crippen molar-refractivity contribution in [1.82, 2.24) is 0 Å². The van der Waals surface area contributed by atoms with Crippen LogP contribution in [0.25, 0.3) is 0 Å². The normalized spacial score (nSPS) is 14.7. The van der Waals surface area contributed by atoms with E-state index in [0.29, 0.717) is 0 Å². The maximum atomic E-state index is 2.43. The molecule has 0 radical (unpaired) electrons. The van der Waals surface area contributed by atoms with Crippen LogP contribution in [-0.2, 0) is 0 Å². The van der Waals surface area contributed by atoms with E-state index in [-0.39, 0.29) is 0 Å². The molecule has 0 amide bonds. The summed E-state index contributed by atoms with van der Waals surface area (Å²) < 4.78 is 0. The van der Waals surface area contributed by atoms with Crippen molar-refractivity contribution in [3.05, 3.63) is 0 Å². The summed E-state index contributed by atoms with van der Waals surface area (Å²) in [4.78, 5) is 0. The summed E-state index contributed by atoms with van der Waals surface area (Å²) in [6, 6.07) is 0. The van der Waals surface area contributed by atoms with Gasteiger partial charge in [-0.25, -0.2) is 0 Å². The highest BCUT2D eigenvalue weighted by molar-refractivity contribution is 4.60. The summed E-state index contributed by atoms with van der Waals surface area (Å²) in [6.07, 6.45) is 17.4. The van der Waals surface area contributed by atoms with Crippen LogP contribution in [0.2, 0.25) is 0 Å². The van der Waals surface area contributed by atoms with Crippen molar-refractivity contribution in [3.8, 4) is 0 Å². The molecule has 110 valence electrons. The van der Waals surface area contributed by atoms with Crippen LogP contribution < -0.4 is 0 Å². The fourth-order valence-corrected chi connectivity index (χ4v) is 2.64. The molecule has 0 heterocycles. The quantitative estimate of drug-likeness (QED) is 0.311.